The summed E-state index contributed by atoms with van der Waals surface area (Å²) in [5.74, 6) is -1.19. The average molecular weight is 522 g/mol. The quantitative estimate of drug-likeness (QED) is 0.445. The van der Waals surface area contributed by atoms with E-state index in [2.05, 4.69) is 5.10 Å². The van der Waals surface area contributed by atoms with E-state index in [4.69, 9.17) is 14.2 Å². The molecule has 2 aliphatic rings. The van der Waals surface area contributed by atoms with E-state index < -0.39 is 29.5 Å². The lowest BCUT2D eigenvalue weighted by Gasteiger charge is -2.27. The van der Waals surface area contributed by atoms with Crippen LogP contribution in [0.15, 0.2) is 71.8 Å². The highest BCUT2D eigenvalue weighted by Gasteiger charge is 2.36. The van der Waals surface area contributed by atoms with E-state index in [9.17, 15) is 18.4 Å². The Bertz CT molecular complexity index is 1400. The lowest BCUT2D eigenvalue weighted by Crippen LogP contribution is -2.43. The van der Waals surface area contributed by atoms with Crippen molar-refractivity contribution >= 4 is 17.5 Å². The van der Waals surface area contributed by atoms with Gasteiger partial charge in [-0.3, -0.25) is 9.59 Å². The smallest absolute Gasteiger partial charge is 0.262 e. The van der Waals surface area contributed by atoms with Crippen molar-refractivity contribution in [3.63, 3.8) is 0 Å². The molecule has 0 bridgehead atoms. The van der Waals surface area contributed by atoms with E-state index in [1.54, 1.807) is 42.5 Å². The van der Waals surface area contributed by atoms with Gasteiger partial charge < -0.3 is 19.1 Å². The van der Waals surface area contributed by atoms with Crippen LogP contribution in [0.25, 0.3) is 0 Å². The van der Waals surface area contributed by atoms with E-state index in [-0.39, 0.29) is 44.0 Å². The molecule has 2 heterocycles. The summed E-state index contributed by atoms with van der Waals surface area (Å²) in [7, 11) is 1.47. The molecule has 0 saturated carbocycles. The van der Waals surface area contributed by atoms with E-state index in [0.29, 0.717) is 22.8 Å². The third-order valence-electron chi connectivity index (χ3n) is 6.41. The van der Waals surface area contributed by atoms with Gasteiger partial charge in [-0.2, -0.15) is 5.10 Å². The van der Waals surface area contributed by atoms with Gasteiger partial charge in [-0.15, -0.1) is 0 Å². The van der Waals surface area contributed by atoms with Crippen LogP contribution in [0, 0.1) is 11.6 Å². The zero-order valence-corrected chi connectivity index (χ0v) is 20.6. The third kappa shape index (κ3) is 5.08. The van der Waals surface area contributed by atoms with Crippen LogP contribution in [0.3, 0.4) is 0 Å². The van der Waals surface area contributed by atoms with Crippen molar-refractivity contribution in [1.82, 2.24) is 9.91 Å². The molecule has 38 heavy (non-hydrogen) atoms. The van der Waals surface area contributed by atoms with Gasteiger partial charge in [-0.05, 0) is 35.9 Å². The second-order valence-electron chi connectivity index (χ2n) is 8.80. The Morgan fingerprint density at radius 1 is 1.03 bits per heavy atom. The van der Waals surface area contributed by atoms with Crippen LogP contribution >= 0.6 is 0 Å². The number of carbonyl (C=O) groups is 2. The topological polar surface area (TPSA) is 80.7 Å². The molecule has 0 saturated heterocycles. The van der Waals surface area contributed by atoms with Crippen molar-refractivity contribution in [2.24, 2.45) is 5.10 Å². The molecule has 0 fully saturated rings. The second kappa shape index (κ2) is 11.0. The molecular weight excluding hydrogens is 496 g/mol. The Morgan fingerprint density at radius 2 is 1.76 bits per heavy atom. The fourth-order valence-corrected chi connectivity index (χ4v) is 4.47. The largest absolute Gasteiger partial charge is 0.454 e. The minimum atomic E-state index is -0.688. The molecule has 2 aliphatic heterocycles. The third-order valence-corrected chi connectivity index (χ3v) is 6.41. The first kappa shape index (κ1) is 25.3. The van der Waals surface area contributed by atoms with Crippen molar-refractivity contribution in [1.29, 1.82) is 0 Å². The Labute approximate surface area is 218 Å². The maximum Gasteiger partial charge on any atom is 0.262 e. The van der Waals surface area contributed by atoms with Crippen LogP contribution in [0.2, 0.25) is 0 Å². The van der Waals surface area contributed by atoms with E-state index >= 15 is 0 Å². The van der Waals surface area contributed by atoms with Crippen molar-refractivity contribution in [3.05, 3.63) is 95.1 Å². The molecule has 0 unspecified atom stereocenters. The number of carbonyl (C=O) groups excluding carboxylic acids is 2. The SMILES string of the molecule is COCCN(CC(=O)N1N=C(c2ccccc2F)C[C@H]1c1ccc2c(c1)OCO2)C(=O)c1ccccc1F. The number of halogens is 2. The van der Waals surface area contributed by atoms with Gasteiger partial charge >= 0.3 is 0 Å². The lowest BCUT2D eigenvalue weighted by atomic mass is 9.97. The number of hydrazone groups is 1. The van der Waals surface area contributed by atoms with Crippen LogP contribution in [0.1, 0.15) is 33.9 Å². The van der Waals surface area contributed by atoms with Gasteiger partial charge in [0.05, 0.1) is 23.9 Å². The molecule has 3 aromatic carbocycles. The summed E-state index contributed by atoms with van der Waals surface area (Å²) in [5.41, 5.74) is 1.23. The molecule has 196 valence electrons. The van der Waals surface area contributed by atoms with Gasteiger partial charge in [-0.1, -0.05) is 36.4 Å². The summed E-state index contributed by atoms with van der Waals surface area (Å²) in [6, 6.07) is 16.5. The van der Waals surface area contributed by atoms with E-state index in [1.165, 1.54) is 41.3 Å². The molecule has 8 nitrogen and oxygen atoms in total. The maximum atomic E-state index is 14.6. The van der Waals surface area contributed by atoms with Crippen molar-refractivity contribution in [2.45, 2.75) is 12.5 Å². The fourth-order valence-electron chi connectivity index (χ4n) is 4.47. The lowest BCUT2D eigenvalue weighted by molar-refractivity contribution is -0.133. The molecule has 3 aromatic rings. The number of rotatable bonds is 8. The zero-order chi connectivity index (χ0) is 26.6. The number of fused-ring (bicyclic) bond motifs is 1. The molecular formula is C28H25F2N3O5. The number of methoxy groups -OCH3 is 1. The monoisotopic (exact) mass is 521 g/mol. The molecule has 5 rings (SSSR count). The van der Waals surface area contributed by atoms with Gasteiger partial charge in [0.2, 0.25) is 6.79 Å². The van der Waals surface area contributed by atoms with Gasteiger partial charge in [0.15, 0.2) is 11.5 Å². The van der Waals surface area contributed by atoms with E-state index in [1.807, 2.05) is 0 Å². The predicted octanol–water partition coefficient (Wildman–Crippen LogP) is 4.16. The number of amides is 2. The second-order valence-corrected chi connectivity index (χ2v) is 8.80. The fraction of sp³-hybridized carbons (Fsp3) is 0.250. The highest BCUT2D eigenvalue weighted by Crippen LogP contribution is 2.39. The number of hydrogen-bond donors (Lipinski definition) is 0. The van der Waals surface area contributed by atoms with Gasteiger partial charge in [-0.25, -0.2) is 13.8 Å². The number of hydrogen-bond acceptors (Lipinski definition) is 6. The van der Waals surface area contributed by atoms with Gasteiger partial charge in [0, 0.05) is 25.6 Å². The summed E-state index contributed by atoms with van der Waals surface area (Å²) in [6.45, 7) is -0.0913. The van der Waals surface area contributed by atoms with Crippen LogP contribution in [0.4, 0.5) is 8.78 Å². The Hall–Kier alpha value is -4.31. The first-order valence-electron chi connectivity index (χ1n) is 12.0. The van der Waals surface area contributed by atoms with Crippen LogP contribution < -0.4 is 9.47 Å². The minimum absolute atomic E-state index is 0.0574. The van der Waals surface area contributed by atoms with Gasteiger partial charge in [0.25, 0.3) is 11.8 Å². The highest BCUT2D eigenvalue weighted by atomic mass is 19.1. The van der Waals surface area contributed by atoms with Crippen molar-refractivity contribution in [2.75, 3.05) is 33.6 Å². The van der Waals surface area contributed by atoms with Crippen LogP contribution in [0.5, 0.6) is 11.5 Å². The van der Waals surface area contributed by atoms with Crippen LogP contribution in [-0.4, -0.2) is 61.0 Å². The summed E-state index contributed by atoms with van der Waals surface area (Å²) >= 11 is 0. The Kier molecular flexibility index (Phi) is 7.32. The van der Waals surface area contributed by atoms with Gasteiger partial charge in [0.1, 0.15) is 18.2 Å². The Balaban J connectivity index is 1.46. The number of ether oxygens (including phenoxy) is 3. The molecule has 0 aliphatic carbocycles. The molecule has 2 amide bonds. The molecule has 0 N–H and O–H groups in total. The minimum Gasteiger partial charge on any atom is -0.454 e. The molecule has 0 aromatic heterocycles. The summed E-state index contributed by atoms with van der Waals surface area (Å²) in [6.07, 6.45) is 0.242. The average Bonchev–Trinajstić information content (AvgIpc) is 3.58. The first-order valence-corrected chi connectivity index (χ1v) is 12.0. The summed E-state index contributed by atoms with van der Waals surface area (Å²) in [4.78, 5) is 28.1. The molecule has 0 spiro atoms. The van der Waals surface area contributed by atoms with Crippen molar-refractivity contribution < 1.29 is 32.6 Å². The first-order chi connectivity index (χ1) is 18.5. The predicted molar refractivity (Wildman–Crippen MR) is 134 cm³/mol. The Morgan fingerprint density at radius 3 is 2.53 bits per heavy atom. The molecule has 1 atom stereocenters. The maximum absolute atomic E-state index is 14.6. The summed E-state index contributed by atoms with van der Waals surface area (Å²) in [5, 5.41) is 5.76. The zero-order valence-electron chi connectivity index (χ0n) is 20.6. The normalized spacial score (nSPS) is 15.9. The standard InChI is InChI=1S/C28H25F2N3O5/c1-36-13-12-32(28(35)20-7-3-5-9-22(20)30)16-27(34)33-24(18-10-11-25-26(14-18)38-17-37-25)15-23(31-33)19-6-2-4-8-21(19)29/h2-11,14,24H,12-13,15-17H2,1H3/t24-/m0/s1. The molecule has 10 heteroatoms. The number of benzene rings is 3. The summed E-state index contributed by atoms with van der Waals surface area (Å²) < 4.78 is 45.0. The van der Waals surface area contributed by atoms with Crippen LogP contribution in [-0.2, 0) is 9.53 Å². The number of nitrogens with zero attached hydrogens (tertiary/aromatic N) is 3. The van der Waals surface area contributed by atoms with Crippen molar-refractivity contribution in [3.8, 4) is 11.5 Å². The molecule has 0 radical (unpaired) electrons. The highest BCUT2D eigenvalue weighted by molar-refractivity contribution is 6.04. The van der Waals surface area contributed by atoms with E-state index in [0.717, 1.165) is 0 Å².